The monoisotopic (exact) mass is 299 g/mol. The van der Waals surface area contributed by atoms with Crippen LogP contribution >= 0.6 is 11.8 Å². The van der Waals surface area contributed by atoms with E-state index in [9.17, 15) is 4.79 Å². The smallest absolute Gasteiger partial charge is 0.306 e. The minimum absolute atomic E-state index is 0.0350. The summed E-state index contributed by atoms with van der Waals surface area (Å²) in [5, 5.41) is 4.40. The summed E-state index contributed by atoms with van der Waals surface area (Å²) in [7, 11) is 1.50. The molecule has 0 aromatic rings. The van der Waals surface area contributed by atoms with Gasteiger partial charge in [0.1, 0.15) is 0 Å². The third-order valence-electron chi connectivity index (χ3n) is 4.73. The van der Waals surface area contributed by atoms with Crippen LogP contribution in [0.5, 0.6) is 0 Å². The lowest BCUT2D eigenvalue weighted by Crippen LogP contribution is -2.37. The first-order chi connectivity index (χ1) is 9.69. The quantitative estimate of drug-likeness (QED) is 0.578. The molecule has 1 N–H and O–H groups in total. The molecule has 4 heteroatoms. The number of nitrogens with one attached hydrogen (secondary N) is 1. The predicted octanol–water partition coefficient (Wildman–Crippen LogP) is 3.37. The third-order valence-corrected chi connectivity index (χ3v) is 6.50. The number of hydrogen-bond donors (Lipinski definition) is 1. The molecule has 2 saturated carbocycles. The topological polar surface area (TPSA) is 38.3 Å². The molecule has 0 aromatic heterocycles. The van der Waals surface area contributed by atoms with Crippen LogP contribution in [0.15, 0.2) is 0 Å². The fourth-order valence-corrected chi connectivity index (χ4v) is 4.94. The van der Waals surface area contributed by atoms with E-state index in [0.29, 0.717) is 12.5 Å². The van der Waals surface area contributed by atoms with Gasteiger partial charge in [0, 0.05) is 11.3 Å². The number of rotatable bonds is 7. The van der Waals surface area contributed by atoms with Gasteiger partial charge in [-0.05, 0) is 43.4 Å². The third kappa shape index (κ3) is 4.66. The van der Waals surface area contributed by atoms with Crippen molar-refractivity contribution in [3.63, 3.8) is 0 Å². The van der Waals surface area contributed by atoms with Gasteiger partial charge in [-0.2, -0.15) is 11.8 Å². The van der Waals surface area contributed by atoms with Crippen LogP contribution in [-0.4, -0.2) is 36.7 Å². The van der Waals surface area contributed by atoms with E-state index < -0.39 is 0 Å². The number of carbonyl (C=O) groups is 1. The van der Waals surface area contributed by atoms with Crippen molar-refractivity contribution in [2.24, 2.45) is 5.41 Å². The lowest BCUT2D eigenvalue weighted by Gasteiger charge is -2.27. The van der Waals surface area contributed by atoms with E-state index in [1.54, 1.807) is 0 Å². The second-order valence-electron chi connectivity index (χ2n) is 6.40. The summed E-state index contributed by atoms with van der Waals surface area (Å²) >= 11 is 2.11. The van der Waals surface area contributed by atoms with Gasteiger partial charge < -0.3 is 10.1 Å². The van der Waals surface area contributed by atoms with Gasteiger partial charge in [0.25, 0.3) is 0 Å². The normalized spacial score (nSPS) is 28.7. The zero-order chi connectivity index (χ0) is 14.4. The molecule has 2 aliphatic carbocycles. The van der Waals surface area contributed by atoms with Crippen LogP contribution in [0.2, 0.25) is 0 Å². The average Bonchev–Trinajstić information content (AvgIpc) is 3.22. The van der Waals surface area contributed by atoms with Gasteiger partial charge >= 0.3 is 5.97 Å². The van der Waals surface area contributed by atoms with Crippen LogP contribution in [-0.2, 0) is 9.53 Å². The largest absolute Gasteiger partial charge is 0.469 e. The van der Waals surface area contributed by atoms with Crippen molar-refractivity contribution in [1.29, 1.82) is 0 Å². The molecule has 2 aliphatic rings. The van der Waals surface area contributed by atoms with Crippen molar-refractivity contribution >= 4 is 17.7 Å². The SMILES string of the molecule is CCNC1CCCCCC1SCC1(CC(=O)OC)CC1. The Hall–Kier alpha value is -0.220. The van der Waals surface area contributed by atoms with Crippen molar-refractivity contribution in [2.75, 3.05) is 19.4 Å². The van der Waals surface area contributed by atoms with Crippen LogP contribution in [0.25, 0.3) is 0 Å². The Morgan fingerprint density at radius 2 is 2.05 bits per heavy atom. The molecule has 116 valence electrons. The Morgan fingerprint density at radius 1 is 1.30 bits per heavy atom. The van der Waals surface area contributed by atoms with E-state index in [0.717, 1.165) is 17.5 Å². The van der Waals surface area contributed by atoms with E-state index in [1.807, 2.05) is 0 Å². The Morgan fingerprint density at radius 3 is 2.70 bits per heavy atom. The van der Waals surface area contributed by atoms with E-state index >= 15 is 0 Å². The second-order valence-corrected chi connectivity index (χ2v) is 7.63. The van der Waals surface area contributed by atoms with Gasteiger partial charge in [-0.25, -0.2) is 0 Å². The minimum Gasteiger partial charge on any atom is -0.469 e. The summed E-state index contributed by atoms with van der Waals surface area (Å²) in [6.07, 6.45) is 9.78. The Bertz CT molecular complexity index is 318. The van der Waals surface area contributed by atoms with Crippen molar-refractivity contribution in [3.05, 3.63) is 0 Å². The van der Waals surface area contributed by atoms with Crippen LogP contribution < -0.4 is 5.32 Å². The highest BCUT2D eigenvalue weighted by molar-refractivity contribution is 8.00. The highest BCUT2D eigenvalue weighted by Crippen LogP contribution is 2.52. The summed E-state index contributed by atoms with van der Waals surface area (Å²) in [5.74, 6) is 1.10. The van der Waals surface area contributed by atoms with Gasteiger partial charge in [0.2, 0.25) is 0 Å². The van der Waals surface area contributed by atoms with E-state index in [4.69, 9.17) is 4.74 Å². The van der Waals surface area contributed by atoms with Gasteiger partial charge in [0.05, 0.1) is 13.5 Å². The Balaban J connectivity index is 1.82. The van der Waals surface area contributed by atoms with Crippen molar-refractivity contribution < 1.29 is 9.53 Å². The molecule has 3 nitrogen and oxygen atoms in total. The molecule has 2 rings (SSSR count). The second kappa shape index (κ2) is 7.69. The van der Waals surface area contributed by atoms with Gasteiger partial charge in [-0.3, -0.25) is 4.79 Å². The van der Waals surface area contributed by atoms with Crippen LogP contribution in [0, 0.1) is 5.41 Å². The molecular weight excluding hydrogens is 270 g/mol. The van der Waals surface area contributed by atoms with E-state index in [2.05, 4.69) is 24.0 Å². The number of carbonyl (C=O) groups excluding carboxylic acids is 1. The lowest BCUT2D eigenvalue weighted by molar-refractivity contribution is -0.141. The Labute approximate surface area is 127 Å². The molecule has 0 spiro atoms. The summed E-state index contributed by atoms with van der Waals surface area (Å²) in [6.45, 7) is 3.27. The van der Waals surface area contributed by atoms with Gasteiger partial charge in [-0.15, -0.1) is 0 Å². The summed E-state index contributed by atoms with van der Waals surface area (Å²) < 4.78 is 4.84. The first kappa shape index (κ1) is 16.2. The number of esters is 1. The molecule has 0 amide bonds. The van der Waals surface area contributed by atoms with Crippen molar-refractivity contribution in [1.82, 2.24) is 5.32 Å². The van der Waals surface area contributed by atoms with Gasteiger partial charge in [-0.1, -0.05) is 26.2 Å². The molecule has 20 heavy (non-hydrogen) atoms. The molecule has 0 radical (unpaired) electrons. The highest BCUT2D eigenvalue weighted by Gasteiger charge is 2.45. The molecule has 0 heterocycles. The van der Waals surface area contributed by atoms with Crippen LogP contribution in [0.4, 0.5) is 0 Å². The Kier molecular flexibility index (Phi) is 6.21. The highest BCUT2D eigenvalue weighted by atomic mass is 32.2. The zero-order valence-corrected chi connectivity index (χ0v) is 13.8. The summed E-state index contributed by atoms with van der Waals surface area (Å²) in [4.78, 5) is 11.5. The standard InChI is InChI=1S/C16H29NO2S/c1-3-17-13-7-5-4-6-8-14(13)20-12-16(9-10-16)11-15(18)19-2/h13-14,17H,3-12H2,1-2H3. The van der Waals surface area contributed by atoms with Crippen molar-refractivity contribution in [2.45, 2.75) is 69.6 Å². The average molecular weight is 299 g/mol. The van der Waals surface area contributed by atoms with Crippen molar-refractivity contribution in [3.8, 4) is 0 Å². The lowest BCUT2D eigenvalue weighted by atomic mass is 10.1. The van der Waals surface area contributed by atoms with Crippen LogP contribution in [0.3, 0.4) is 0 Å². The summed E-state index contributed by atoms with van der Waals surface area (Å²) in [5.41, 5.74) is 0.265. The number of methoxy groups -OCH3 is 1. The summed E-state index contributed by atoms with van der Waals surface area (Å²) in [6, 6.07) is 0.668. The molecule has 2 fully saturated rings. The molecule has 0 saturated heterocycles. The number of ether oxygens (including phenoxy) is 1. The number of hydrogen-bond acceptors (Lipinski definition) is 4. The minimum atomic E-state index is -0.0350. The zero-order valence-electron chi connectivity index (χ0n) is 13.0. The van der Waals surface area contributed by atoms with Crippen LogP contribution in [0.1, 0.15) is 58.3 Å². The maximum absolute atomic E-state index is 11.5. The molecule has 2 atom stereocenters. The fourth-order valence-electron chi connectivity index (χ4n) is 3.18. The maximum atomic E-state index is 11.5. The predicted molar refractivity (Wildman–Crippen MR) is 85.1 cm³/mol. The molecular formula is C16H29NO2S. The maximum Gasteiger partial charge on any atom is 0.306 e. The first-order valence-corrected chi connectivity index (χ1v) is 9.16. The van der Waals surface area contributed by atoms with E-state index in [-0.39, 0.29) is 11.4 Å². The molecule has 2 unspecified atom stereocenters. The molecule has 0 aliphatic heterocycles. The first-order valence-electron chi connectivity index (χ1n) is 8.11. The van der Waals surface area contributed by atoms with E-state index in [1.165, 1.54) is 52.1 Å². The number of thioether (sulfide) groups is 1. The fraction of sp³-hybridized carbons (Fsp3) is 0.938. The van der Waals surface area contributed by atoms with Gasteiger partial charge in [0.15, 0.2) is 0 Å². The molecule has 0 bridgehead atoms. The molecule has 0 aromatic carbocycles.